The number of thiophene rings is 1. The number of aliphatic imine (C=N–C) groups is 1. The molecule has 2 aliphatic heterocycles. The predicted octanol–water partition coefficient (Wildman–Crippen LogP) is 7.34. The molecule has 0 bridgehead atoms. The van der Waals surface area contributed by atoms with Crippen molar-refractivity contribution in [2.75, 3.05) is 33.8 Å². The molecule has 194 valence electrons. The van der Waals surface area contributed by atoms with Gasteiger partial charge in [-0.05, 0) is 62.2 Å². The molecule has 0 saturated carbocycles. The number of amidine groups is 1. The molecule has 36 heavy (non-hydrogen) atoms. The van der Waals surface area contributed by atoms with Crippen molar-refractivity contribution in [2.45, 2.75) is 47.8 Å². The number of nitrogens with zero attached hydrogens (tertiary/aromatic N) is 3. The number of ether oxygens (including phenoxy) is 1. The summed E-state index contributed by atoms with van der Waals surface area (Å²) in [4.78, 5) is 13.1. The molecule has 0 N–H and O–H groups in total. The molecule has 3 heterocycles. The molecule has 2 aromatic carbocycles. The Morgan fingerprint density at radius 3 is 2.56 bits per heavy atom. The van der Waals surface area contributed by atoms with Crippen LogP contribution in [-0.2, 0) is 12.8 Å². The number of aryl methyl sites for hydroxylation is 2. The van der Waals surface area contributed by atoms with Crippen LogP contribution in [0.5, 0.6) is 5.75 Å². The van der Waals surface area contributed by atoms with Gasteiger partial charge in [0, 0.05) is 41.0 Å². The van der Waals surface area contributed by atoms with Crippen molar-refractivity contribution in [3.63, 3.8) is 0 Å². The van der Waals surface area contributed by atoms with Crippen LogP contribution in [0.1, 0.15) is 35.8 Å². The van der Waals surface area contributed by atoms with Crippen molar-refractivity contribution in [2.24, 2.45) is 4.99 Å². The molecule has 4 nitrogen and oxygen atoms in total. The summed E-state index contributed by atoms with van der Waals surface area (Å²) in [6.07, 6.45) is 4.52. The van der Waals surface area contributed by atoms with Crippen LogP contribution >= 0.6 is 47.9 Å². The summed E-state index contributed by atoms with van der Waals surface area (Å²) in [5.74, 6) is 2.08. The summed E-state index contributed by atoms with van der Waals surface area (Å²) in [6.45, 7) is 5.34. The Morgan fingerprint density at radius 2 is 1.81 bits per heavy atom. The minimum atomic E-state index is 0. The number of methoxy groups -OCH3 is 1. The molecule has 1 aromatic heterocycles. The van der Waals surface area contributed by atoms with E-state index < -0.39 is 0 Å². The van der Waals surface area contributed by atoms with Crippen molar-refractivity contribution in [1.82, 2.24) is 9.80 Å². The van der Waals surface area contributed by atoms with Crippen molar-refractivity contribution >= 4 is 59.4 Å². The van der Waals surface area contributed by atoms with E-state index in [2.05, 4.69) is 78.4 Å². The average molecular weight is 565 g/mol. The van der Waals surface area contributed by atoms with E-state index in [1.807, 2.05) is 23.1 Å². The number of para-hydroxylation sites is 1. The Kier molecular flexibility index (Phi) is 10.6. The largest absolute Gasteiger partial charge is 0.497 e. The van der Waals surface area contributed by atoms with E-state index >= 15 is 0 Å². The third-order valence-corrected chi connectivity index (χ3v) is 9.24. The van der Waals surface area contributed by atoms with Crippen LogP contribution in [-0.4, -0.2) is 55.5 Å². The summed E-state index contributed by atoms with van der Waals surface area (Å²) in [5.41, 5.74) is 3.79. The fourth-order valence-corrected chi connectivity index (χ4v) is 7.31. The van der Waals surface area contributed by atoms with Gasteiger partial charge in [-0.15, -0.1) is 36.2 Å². The molecular weight excluding hydrogens is 529 g/mol. The Labute approximate surface area is 236 Å². The van der Waals surface area contributed by atoms with Gasteiger partial charge >= 0.3 is 0 Å². The van der Waals surface area contributed by atoms with E-state index in [4.69, 9.17) is 9.73 Å². The second-order valence-electron chi connectivity index (χ2n) is 9.14. The lowest BCUT2D eigenvalue weighted by atomic mass is 10.0. The first-order valence-corrected chi connectivity index (χ1v) is 13.8. The first-order chi connectivity index (χ1) is 16.6. The van der Waals surface area contributed by atoms with Crippen LogP contribution in [0.3, 0.4) is 0 Å². The first-order valence-electron chi connectivity index (χ1n) is 12.2. The summed E-state index contributed by atoms with van der Waals surface area (Å²) in [7, 11) is 3.99. The Bertz CT molecular complexity index is 1170. The Hall–Kier alpha value is -1.70. The number of piperazine rings is 1. The third kappa shape index (κ3) is 6.40. The van der Waals surface area contributed by atoms with Gasteiger partial charge in [0.1, 0.15) is 11.6 Å². The maximum atomic E-state index is 5.31. The van der Waals surface area contributed by atoms with Crippen LogP contribution in [0.2, 0.25) is 0 Å². The number of rotatable bonds is 6. The minimum Gasteiger partial charge on any atom is -0.497 e. The zero-order chi connectivity index (χ0) is 23.5. The average Bonchev–Trinajstić information content (AvgIpc) is 3.18. The zero-order valence-electron chi connectivity index (χ0n) is 21.1. The highest BCUT2D eigenvalue weighted by molar-refractivity contribution is 8.01. The molecule has 1 atom stereocenters. The fraction of sp³-hybridized carbons (Fsp3) is 0.393. The molecule has 5 rings (SSSR count). The van der Waals surface area contributed by atoms with Gasteiger partial charge in [0.15, 0.2) is 0 Å². The van der Waals surface area contributed by atoms with Crippen LogP contribution in [0.15, 0.2) is 68.7 Å². The van der Waals surface area contributed by atoms with Crippen LogP contribution in [0, 0.1) is 0 Å². The van der Waals surface area contributed by atoms with Crippen molar-refractivity contribution in [3.05, 3.63) is 70.6 Å². The molecule has 1 saturated heterocycles. The number of hydrogen-bond acceptors (Lipinski definition) is 6. The smallest absolute Gasteiger partial charge is 0.138 e. The van der Waals surface area contributed by atoms with Crippen LogP contribution in [0.25, 0.3) is 0 Å². The lowest BCUT2D eigenvalue weighted by Crippen LogP contribution is -2.53. The van der Waals surface area contributed by atoms with Crippen molar-refractivity contribution in [3.8, 4) is 5.75 Å². The van der Waals surface area contributed by atoms with Gasteiger partial charge in [-0.3, -0.25) is 4.90 Å². The van der Waals surface area contributed by atoms with Gasteiger partial charge in [-0.2, -0.15) is 0 Å². The highest BCUT2D eigenvalue weighted by atomic mass is 35.5. The molecular formula is C28H35Cl2N3OS2. The molecule has 0 aliphatic carbocycles. The van der Waals surface area contributed by atoms with Crippen LogP contribution in [0.4, 0.5) is 5.69 Å². The van der Waals surface area contributed by atoms with E-state index in [1.54, 1.807) is 7.11 Å². The minimum absolute atomic E-state index is 0. The second-order valence-corrected chi connectivity index (χ2v) is 11.6. The van der Waals surface area contributed by atoms with Gasteiger partial charge in [0.2, 0.25) is 0 Å². The van der Waals surface area contributed by atoms with Crippen molar-refractivity contribution in [1.29, 1.82) is 0 Å². The van der Waals surface area contributed by atoms with Gasteiger partial charge in [0.05, 0.1) is 17.0 Å². The second kappa shape index (κ2) is 13.2. The lowest BCUT2D eigenvalue weighted by Gasteiger charge is -2.41. The first kappa shape index (κ1) is 28.9. The summed E-state index contributed by atoms with van der Waals surface area (Å²) in [5, 5.41) is 0. The summed E-state index contributed by atoms with van der Waals surface area (Å²) >= 11 is 3.84. The van der Waals surface area contributed by atoms with Crippen molar-refractivity contribution < 1.29 is 4.74 Å². The number of fused-ring (bicyclic) bond motifs is 2. The third-order valence-electron chi connectivity index (χ3n) is 6.78. The number of likely N-dealkylation sites (N-methyl/N-ethyl adjacent to an activating group) is 1. The predicted molar refractivity (Wildman–Crippen MR) is 159 cm³/mol. The van der Waals surface area contributed by atoms with E-state index in [0.717, 1.165) is 56.2 Å². The topological polar surface area (TPSA) is 28.1 Å². The number of benzene rings is 2. The van der Waals surface area contributed by atoms with E-state index in [9.17, 15) is 0 Å². The molecule has 8 heteroatoms. The van der Waals surface area contributed by atoms with Gasteiger partial charge < -0.3 is 9.64 Å². The SMILES string of the molecule is CCCc1cc2c(s1)Sc1ccccc1N=C2N1CCN(C)C(CCc2ccc(OC)cc2)C1.Cl.Cl. The summed E-state index contributed by atoms with van der Waals surface area (Å²) in [6, 6.07) is 20.0. The maximum Gasteiger partial charge on any atom is 0.138 e. The highest BCUT2D eigenvalue weighted by Crippen LogP contribution is 2.45. The van der Waals surface area contributed by atoms with Crippen LogP contribution < -0.4 is 4.74 Å². The zero-order valence-corrected chi connectivity index (χ0v) is 24.4. The monoisotopic (exact) mass is 563 g/mol. The number of halogens is 2. The Morgan fingerprint density at radius 1 is 1.03 bits per heavy atom. The van der Waals surface area contributed by atoms with Gasteiger partial charge in [0.25, 0.3) is 0 Å². The molecule has 3 aromatic rings. The lowest BCUT2D eigenvalue weighted by molar-refractivity contribution is 0.134. The highest BCUT2D eigenvalue weighted by Gasteiger charge is 2.30. The number of hydrogen-bond donors (Lipinski definition) is 0. The van der Waals surface area contributed by atoms with E-state index in [0.29, 0.717) is 6.04 Å². The molecule has 0 amide bonds. The standard InChI is InChI=1S/C28H33N3OS2.2ClH/c1-4-7-23-18-24-27(29-25-8-5-6-9-26(25)34-28(24)33-23)31-17-16-30(2)21(19-31)13-10-20-11-14-22(32-3)15-12-20;;/h5-6,8-9,11-12,14-15,18,21H,4,7,10,13,16-17,19H2,1-3H3;2*1H. The molecule has 0 spiro atoms. The fourth-order valence-electron chi connectivity index (χ4n) is 4.75. The van der Waals surface area contributed by atoms with E-state index in [1.165, 1.54) is 31.5 Å². The Balaban J connectivity index is 0.00000180. The molecule has 2 aliphatic rings. The quantitative estimate of drug-likeness (QED) is 0.313. The maximum absolute atomic E-state index is 5.31. The normalized spacial score (nSPS) is 17.1. The molecule has 1 unspecified atom stereocenters. The molecule has 0 radical (unpaired) electrons. The van der Waals surface area contributed by atoms with Gasteiger partial charge in [-0.1, -0.05) is 49.4 Å². The van der Waals surface area contributed by atoms with Gasteiger partial charge in [-0.25, -0.2) is 4.99 Å². The van der Waals surface area contributed by atoms with E-state index in [-0.39, 0.29) is 24.8 Å². The molecule has 1 fully saturated rings. The summed E-state index contributed by atoms with van der Waals surface area (Å²) < 4.78 is 6.70.